The Morgan fingerprint density at radius 3 is 2.64 bits per heavy atom. The second-order valence-electron chi connectivity index (χ2n) is 6.24. The molecule has 0 amide bonds. The lowest BCUT2D eigenvalue weighted by atomic mass is 10.1. The molecule has 7 nitrogen and oxygen atoms in total. The first-order valence-electron chi connectivity index (χ1n) is 8.61. The van der Waals surface area contributed by atoms with Gasteiger partial charge in [0.1, 0.15) is 23.5 Å². The Bertz CT molecular complexity index is 684. The third-order valence-corrected chi connectivity index (χ3v) is 4.24. The molecule has 2 aromatic rings. The van der Waals surface area contributed by atoms with Crippen LogP contribution in [-0.4, -0.2) is 47.4 Å². The predicted octanol–water partition coefficient (Wildman–Crippen LogP) is 1.82. The molecule has 1 fully saturated rings. The van der Waals surface area contributed by atoms with Crippen LogP contribution in [-0.2, 0) is 0 Å². The number of hydrogen-bond acceptors (Lipinski definition) is 7. The predicted molar refractivity (Wildman–Crippen MR) is 99.1 cm³/mol. The molecule has 4 N–H and O–H groups in total. The fourth-order valence-corrected chi connectivity index (χ4v) is 2.90. The molecule has 7 heteroatoms. The fourth-order valence-electron chi connectivity index (χ4n) is 2.90. The summed E-state index contributed by atoms with van der Waals surface area (Å²) < 4.78 is 6.07. The minimum absolute atomic E-state index is 0.0426. The van der Waals surface area contributed by atoms with Gasteiger partial charge in [-0.25, -0.2) is 0 Å². The van der Waals surface area contributed by atoms with E-state index in [9.17, 15) is 0 Å². The molecule has 1 aliphatic heterocycles. The second kappa shape index (κ2) is 8.02. The number of aliphatic hydroxyl groups excluding tert-OH is 1. The minimum Gasteiger partial charge on any atom is -0.490 e. The van der Waals surface area contributed by atoms with Crippen molar-refractivity contribution in [2.75, 3.05) is 42.2 Å². The SMILES string of the molecule is Cc1ccc(OC2CCN(c3cc(NCCO)nc(N)n3)CC2)cc1. The molecule has 25 heavy (non-hydrogen) atoms. The summed E-state index contributed by atoms with van der Waals surface area (Å²) in [5.74, 6) is 2.60. The molecule has 1 saturated heterocycles. The highest BCUT2D eigenvalue weighted by Crippen LogP contribution is 2.24. The van der Waals surface area contributed by atoms with Crippen LogP contribution < -0.4 is 20.7 Å². The summed E-state index contributed by atoms with van der Waals surface area (Å²) in [6.45, 7) is 4.25. The molecule has 0 atom stereocenters. The van der Waals surface area contributed by atoms with E-state index < -0.39 is 0 Å². The summed E-state index contributed by atoms with van der Waals surface area (Å²) >= 11 is 0. The van der Waals surface area contributed by atoms with Crippen molar-refractivity contribution in [2.45, 2.75) is 25.9 Å². The zero-order chi connectivity index (χ0) is 17.6. The normalized spacial score (nSPS) is 15.2. The topological polar surface area (TPSA) is 96.5 Å². The van der Waals surface area contributed by atoms with Crippen molar-refractivity contribution in [3.05, 3.63) is 35.9 Å². The summed E-state index contributed by atoms with van der Waals surface area (Å²) in [6.07, 6.45) is 2.07. The lowest BCUT2D eigenvalue weighted by molar-refractivity contribution is 0.170. The summed E-state index contributed by atoms with van der Waals surface area (Å²) in [4.78, 5) is 10.7. The number of ether oxygens (including phenoxy) is 1. The molecule has 0 unspecified atom stereocenters. The maximum absolute atomic E-state index is 8.92. The molecular weight excluding hydrogens is 318 g/mol. The molecule has 134 valence electrons. The summed E-state index contributed by atoms with van der Waals surface area (Å²) in [6, 6.07) is 10.0. The number of aryl methyl sites for hydroxylation is 1. The maximum Gasteiger partial charge on any atom is 0.223 e. The number of piperidine rings is 1. The monoisotopic (exact) mass is 343 g/mol. The lowest BCUT2D eigenvalue weighted by Gasteiger charge is -2.33. The molecule has 1 aromatic heterocycles. The van der Waals surface area contributed by atoms with E-state index in [0.717, 1.165) is 37.5 Å². The van der Waals surface area contributed by atoms with Gasteiger partial charge in [0.15, 0.2) is 0 Å². The van der Waals surface area contributed by atoms with Crippen LogP contribution in [0.15, 0.2) is 30.3 Å². The van der Waals surface area contributed by atoms with E-state index in [1.807, 2.05) is 18.2 Å². The molecule has 0 radical (unpaired) electrons. The van der Waals surface area contributed by atoms with Crippen molar-refractivity contribution in [3.63, 3.8) is 0 Å². The largest absolute Gasteiger partial charge is 0.490 e. The van der Waals surface area contributed by atoms with Crippen molar-refractivity contribution in [1.29, 1.82) is 0 Å². The Morgan fingerprint density at radius 1 is 1.24 bits per heavy atom. The van der Waals surface area contributed by atoms with Gasteiger partial charge in [-0.2, -0.15) is 9.97 Å². The number of benzene rings is 1. The standard InChI is InChI=1S/C18H25N5O2/c1-13-2-4-14(5-3-13)25-15-6-9-23(10-7-15)17-12-16(20-8-11-24)21-18(19)22-17/h2-5,12,15,24H,6-11H2,1H3,(H3,19,20,21,22). The van der Waals surface area contributed by atoms with Crippen LogP contribution in [0.25, 0.3) is 0 Å². The van der Waals surface area contributed by atoms with Gasteiger partial charge < -0.3 is 25.8 Å². The van der Waals surface area contributed by atoms with E-state index in [1.54, 1.807) is 0 Å². The van der Waals surface area contributed by atoms with Crippen LogP contribution in [0.4, 0.5) is 17.6 Å². The van der Waals surface area contributed by atoms with E-state index in [-0.39, 0.29) is 18.7 Å². The van der Waals surface area contributed by atoms with Gasteiger partial charge in [-0.3, -0.25) is 0 Å². The zero-order valence-corrected chi connectivity index (χ0v) is 14.5. The van der Waals surface area contributed by atoms with Gasteiger partial charge in [-0.15, -0.1) is 0 Å². The fraction of sp³-hybridized carbons (Fsp3) is 0.444. The number of hydrogen-bond donors (Lipinski definition) is 3. The van der Waals surface area contributed by atoms with Crippen LogP contribution in [0, 0.1) is 6.92 Å². The minimum atomic E-state index is 0.0426. The maximum atomic E-state index is 8.92. The van der Waals surface area contributed by atoms with E-state index in [4.69, 9.17) is 15.6 Å². The van der Waals surface area contributed by atoms with E-state index in [1.165, 1.54) is 5.56 Å². The first kappa shape index (κ1) is 17.3. The van der Waals surface area contributed by atoms with Crippen LogP contribution in [0.1, 0.15) is 18.4 Å². The number of anilines is 3. The summed E-state index contributed by atoms with van der Waals surface area (Å²) in [5.41, 5.74) is 7.03. The molecule has 2 heterocycles. The van der Waals surface area contributed by atoms with Crippen LogP contribution in [0.3, 0.4) is 0 Å². The number of aliphatic hydroxyl groups is 1. The second-order valence-corrected chi connectivity index (χ2v) is 6.24. The van der Waals surface area contributed by atoms with Crippen molar-refractivity contribution in [1.82, 2.24) is 9.97 Å². The zero-order valence-electron chi connectivity index (χ0n) is 14.5. The molecule has 0 saturated carbocycles. The lowest BCUT2D eigenvalue weighted by Crippen LogP contribution is -2.38. The van der Waals surface area contributed by atoms with E-state index in [2.05, 4.69) is 39.2 Å². The third-order valence-electron chi connectivity index (χ3n) is 4.24. The van der Waals surface area contributed by atoms with E-state index >= 15 is 0 Å². The van der Waals surface area contributed by atoms with Gasteiger partial charge in [-0.1, -0.05) is 17.7 Å². The van der Waals surface area contributed by atoms with Gasteiger partial charge in [0.2, 0.25) is 5.95 Å². The quantitative estimate of drug-likeness (QED) is 0.736. The molecule has 3 rings (SSSR count). The number of nitrogens with one attached hydrogen (secondary N) is 1. The Hall–Kier alpha value is -2.54. The average Bonchev–Trinajstić information content (AvgIpc) is 2.62. The third kappa shape index (κ3) is 4.73. The summed E-state index contributed by atoms with van der Waals surface area (Å²) in [5, 5.41) is 11.9. The molecule has 0 bridgehead atoms. The van der Waals surface area contributed by atoms with Crippen LogP contribution in [0.5, 0.6) is 5.75 Å². The molecule has 1 aliphatic rings. The smallest absolute Gasteiger partial charge is 0.223 e. The van der Waals surface area contributed by atoms with Gasteiger partial charge in [-0.05, 0) is 19.1 Å². The van der Waals surface area contributed by atoms with Crippen molar-refractivity contribution in [3.8, 4) is 5.75 Å². The summed E-state index contributed by atoms with van der Waals surface area (Å²) in [7, 11) is 0. The number of nitrogen functional groups attached to an aromatic ring is 1. The Kier molecular flexibility index (Phi) is 5.55. The van der Waals surface area contributed by atoms with Crippen LogP contribution >= 0.6 is 0 Å². The molecular formula is C18H25N5O2. The highest BCUT2D eigenvalue weighted by Gasteiger charge is 2.22. The Balaban J connectivity index is 1.58. The first-order valence-corrected chi connectivity index (χ1v) is 8.61. The van der Waals surface area contributed by atoms with Gasteiger partial charge in [0, 0.05) is 38.5 Å². The highest BCUT2D eigenvalue weighted by atomic mass is 16.5. The van der Waals surface area contributed by atoms with E-state index in [0.29, 0.717) is 12.4 Å². The van der Waals surface area contributed by atoms with Gasteiger partial charge in [0.05, 0.1) is 6.61 Å². The molecule has 0 aliphatic carbocycles. The molecule has 0 spiro atoms. The molecule has 1 aromatic carbocycles. The Morgan fingerprint density at radius 2 is 1.96 bits per heavy atom. The number of rotatable bonds is 6. The Labute approximate surface area is 147 Å². The number of nitrogens with zero attached hydrogens (tertiary/aromatic N) is 3. The van der Waals surface area contributed by atoms with Gasteiger partial charge in [0.25, 0.3) is 0 Å². The highest BCUT2D eigenvalue weighted by molar-refractivity contribution is 5.52. The van der Waals surface area contributed by atoms with Crippen LogP contribution in [0.2, 0.25) is 0 Å². The van der Waals surface area contributed by atoms with Crippen molar-refractivity contribution < 1.29 is 9.84 Å². The number of nitrogens with two attached hydrogens (primary N) is 1. The first-order chi connectivity index (χ1) is 12.1. The van der Waals surface area contributed by atoms with Crippen molar-refractivity contribution in [2.24, 2.45) is 0 Å². The number of aromatic nitrogens is 2. The van der Waals surface area contributed by atoms with Crippen molar-refractivity contribution >= 4 is 17.6 Å². The average molecular weight is 343 g/mol. The van der Waals surface area contributed by atoms with Gasteiger partial charge >= 0.3 is 0 Å².